The van der Waals surface area contributed by atoms with Crippen molar-refractivity contribution in [1.82, 2.24) is 0 Å². The second-order valence-electron chi connectivity index (χ2n) is 1.84. The first-order valence-corrected chi connectivity index (χ1v) is 3.22. The van der Waals surface area contributed by atoms with Crippen molar-refractivity contribution in [2.75, 3.05) is 5.88 Å². The lowest BCUT2D eigenvalue weighted by Crippen LogP contribution is -2.39. The van der Waals surface area contributed by atoms with E-state index in [-0.39, 0.29) is 12.2 Å². The topological polar surface area (TPSA) is 77.8 Å². The standard InChI is InChI=1S/C5H9ClO4/c6-1-3(8)5(10)4(9)2-7/h2-5,8-10H,1H2. The van der Waals surface area contributed by atoms with Crippen molar-refractivity contribution in [2.24, 2.45) is 0 Å². The molecule has 0 aliphatic rings. The normalized spacial score (nSPS) is 19.6. The SMILES string of the molecule is O=CC(O)C(O)C(O)CCl. The molecular formula is C5H9ClO4. The largest absolute Gasteiger partial charge is 0.389 e. The van der Waals surface area contributed by atoms with Gasteiger partial charge in [0, 0.05) is 0 Å². The molecule has 0 saturated carbocycles. The number of halogens is 1. The fourth-order valence-corrected chi connectivity index (χ4v) is 0.582. The van der Waals surface area contributed by atoms with Gasteiger partial charge in [-0.25, -0.2) is 0 Å². The molecule has 0 aromatic heterocycles. The Morgan fingerprint density at radius 2 is 1.90 bits per heavy atom. The predicted octanol–water partition coefficient (Wildman–Crippen LogP) is -1.49. The van der Waals surface area contributed by atoms with Crippen LogP contribution in [0.2, 0.25) is 0 Å². The molecule has 0 aromatic carbocycles. The van der Waals surface area contributed by atoms with Gasteiger partial charge in [0.25, 0.3) is 0 Å². The maximum atomic E-state index is 9.80. The van der Waals surface area contributed by atoms with Gasteiger partial charge in [-0.1, -0.05) is 0 Å². The van der Waals surface area contributed by atoms with Gasteiger partial charge in [0.2, 0.25) is 0 Å². The molecule has 0 bridgehead atoms. The first-order valence-electron chi connectivity index (χ1n) is 2.69. The van der Waals surface area contributed by atoms with Gasteiger partial charge in [-0.15, -0.1) is 11.6 Å². The molecule has 0 aliphatic carbocycles. The predicted molar refractivity (Wildman–Crippen MR) is 34.8 cm³/mol. The maximum Gasteiger partial charge on any atom is 0.151 e. The van der Waals surface area contributed by atoms with Crippen LogP contribution in [0, 0.1) is 0 Å². The number of aliphatic hydroxyl groups is 3. The van der Waals surface area contributed by atoms with Gasteiger partial charge in [-0.3, -0.25) is 0 Å². The Labute approximate surface area is 63.0 Å². The summed E-state index contributed by atoms with van der Waals surface area (Å²) in [5, 5.41) is 26.1. The van der Waals surface area contributed by atoms with Crippen molar-refractivity contribution < 1.29 is 20.1 Å². The average molecular weight is 169 g/mol. The number of rotatable bonds is 4. The minimum absolute atomic E-state index is 0.139. The maximum absolute atomic E-state index is 9.80. The summed E-state index contributed by atoms with van der Waals surface area (Å²) in [6.45, 7) is 0. The molecule has 10 heavy (non-hydrogen) atoms. The summed E-state index contributed by atoms with van der Waals surface area (Å²) in [4.78, 5) is 9.80. The average Bonchev–Trinajstić information content (AvgIpc) is 2.00. The molecule has 3 atom stereocenters. The number of carbonyl (C=O) groups excluding carboxylic acids is 1. The monoisotopic (exact) mass is 168 g/mol. The van der Waals surface area contributed by atoms with Crippen molar-refractivity contribution in [3.8, 4) is 0 Å². The lowest BCUT2D eigenvalue weighted by molar-refractivity contribution is -0.124. The highest BCUT2D eigenvalue weighted by Gasteiger charge is 2.22. The smallest absolute Gasteiger partial charge is 0.151 e. The van der Waals surface area contributed by atoms with E-state index in [0.29, 0.717) is 0 Å². The fraction of sp³-hybridized carbons (Fsp3) is 0.800. The van der Waals surface area contributed by atoms with Crippen molar-refractivity contribution >= 4 is 17.9 Å². The molecule has 0 aromatic rings. The van der Waals surface area contributed by atoms with Gasteiger partial charge >= 0.3 is 0 Å². The van der Waals surface area contributed by atoms with Crippen molar-refractivity contribution in [3.05, 3.63) is 0 Å². The van der Waals surface area contributed by atoms with E-state index in [1.54, 1.807) is 0 Å². The van der Waals surface area contributed by atoms with E-state index in [1.807, 2.05) is 0 Å². The number of aliphatic hydroxyl groups excluding tert-OH is 3. The molecule has 0 saturated heterocycles. The number of alkyl halides is 1. The molecule has 0 spiro atoms. The Morgan fingerprint density at radius 3 is 2.20 bits per heavy atom. The lowest BCUT2D eigenvalue weighted by Gasteiger charge is -2.16. The van der Waals surface area contributed by atoms with Crippen LogP contribution in [0.1, 0.15) is 0 Å². The van der Waals surface area contributed by atoms with Crippen molar-refractivity contribution in [3.63, 3.8) is 0 Å². The van der Waals surface area contributed by atoms with Crippen LogP contribution in [-0.4, -0.2) is 45.8 Å². The van der Waals surface area contributed by atoms with Crippen LogP contribution in [0.15, 0.2) is 0 Å². The van der Waals surface area contributed by atoms with Gasteiger partial charge in [-0.05, 0) is 0 Å². The van der Waals surface area contributed by atoms with E-state index in [2.05, 4.69) is 0 Å². The second-order valence-corrected chi connectivity index (χ2v) is 2.15. The number of carbonyl (C=O) groups is 1. The zero-order valence-electron chi connectivity index (χ0n) is 5.14. The third-order valence-electron chi connectivity index (χ3n) is 1.04. The summed E-state index contributed by atoms with van der Waals surface area (Å²) in [5.74, 6) is -0.216. The van der Waals surface area contributed by atoms with E-state index in [1.165, 1.54) is 0 Å². The van der Waals surface area contributed by atoms with Crippen LogP contribution in [-0.2, 0) is 4.79 Å². The highest BCUT2D eigenvalue weighted by atomic mass is 35.5. The summed E-state index contributed by atoms with van der Waals surface area (Å²) < 4.78 is 0. The Kier molecular flexibility index (Phi) is 4.55. The molecule has 5 heteroatoms. The molecule has 0 amide bonds. The third kappa shape index (κ3) is 2.62. The zero-order chi connectivity index (χ0) is 8.15. The molecule has 3 N–H and O–H groups in total. The molecule has 60 valence electrons. The molecule has 4 nitrogen and oxygen atoms in total. The summed E-state index contributed by atoms with van der Waals surface area (Å²) in [6.07, 6.45) is -4.17. The van der Waals surface area contributed by atoms with Crippen LogP contribution < -0.4 is 0 Å². The Hall–Kier alpha value is -0.160. The van der Waals surface area contributed by atoms with Gasteiger partial charge in [0.15, 0.2) is 6.29 Å². The Morgan fingerprint density at radius 1 is 1.40 bits per heavy atom. The molecule has 3 unspecified atom stereocenters. The first-order chi connectivity index (χ1) is 4.63. The molecule has 0 rings (SSSR count). The number of hydrogen-bond acceptors (Lipinski definition) is 4. The van der Waals surface area contributed by atoms with Crippen LogP contribution in [0.4, 0.5) is 0 Å². The van der Waals surface area contributed by atoms with Crippen LogP contribution in [0.3, 0.4) is 0 Å². The number of aldehydes is 1. The van der Waals surface area contributed by atoms with Crippen LogP contribution in [0.25, 0.3) is 0 Å². The van der Waals surface area contributed by atoms with E-state index in [9.17, 15) is 4.79 Å². The van der Waals surface area contributed by atoms with Crippen molar-refractivity contribution in [2.45, 2.75) is 18.3 Å². The van der Waals surface area contributed by atoms with Gasteiger partial charge in [-0.2, -0.15) is 0 Å². The minimum atomic E-state index is -1.56. The minimum Gasteiger partial charge on any atom is -0.389 e. The fourth-order valence-electron chi connectivity index (χ4n) is 0.399. The summed E-state index contributed by atoms with van der Waals surface area (Å²) in [6, 6.07) is 0. The summed E-state index contributed by atoms with van der Waals surface area (Å²) >= 11 is 5.11. The highest BCUT2D eigenvalue weighted by Crippen LogP contribution is 1.99. The third-order valence-corrected chi connectivity index (χ3v) is 1.36. The Bertz CT molecular complexity index is 108. The van der Waals surface area contributed by atoms with Crippen molar-refractivity contribution in [1.29, 1.82) is 0 Å². The zero-order valence-corrected chi connectivity index (χ0v) is 5.90. The Balaban J connectivity index is 3.80. The lowest BCUT2D eigenvalue weighted by atomic mass is 10.1. The molecule has 0 radical (unpaired) electrons. The quantitative estimate of drug-likeness (QED) is 0.353. The summed E-state index contributed by atoms with van der Waals surface area (Å²) in [7, 11) is 0. The number of hydrogen-bond donors (Lipinski definition) is 3. The van der Waals surface area contributed by atoms with E-state index in [4.69, 9.17) is 26.9 Å². The van der Waals surface area contributed by atoms with E-state index >= 15 is 0 Å². The molecular weight excluding hydrogens is 160 g/mol. The van der Waals surface area contributed by atoms with E-state index in [0.717, 1.165) is 0 Å². The molecule has 0 heterocycles. The first kappa shape index (κ1) is 9.84. The second kappa shape index (κ2) is 4.62. The highest BCUT2D eigenvalue weighted by molar-refractivity contribution is 6.18. The van der Waals surface area contributed by atoms with Gasteiger partial charge in [0.05, 0.1) is 12.0 Å². The summed E-state index contributed by atoms with van der Waals surface area (Å²) in [5.41, 5.74) is 0. The van der Waals surface area contributed by atoms with Gasteiger partial charge < -0.3 is 20.1 Å². The van der Waals surface area contributed by atoms with E-state index < -0.39 is 18.3 Å². The van der Waals surface area contributed by atoms with Crippen LogP contribution in [0.5, 0.6) is 0 Å². The van der Waals surface area contributed by atoms with Crippen LogP contribution >= 0.6 is 11.6 Å². The molecule has 0 aliphatic heterocycles. The molecule has 0 fully saturated rings. The van der Waals surface area contributed by atoms with Gasteiger partial charge in [0.1, 0.15) is 12.2 Å².